The Kier molecular flexibility index (Phi) is 7.39. The molecule has 0 aliphatic rings. The van der Waals surface area contributed by atoms with Crippen molar-refractivity contribution in [2.45, 2.75) is 66.0 Å². The fraction of sp³-hybridized carbons (Fsp3) is 0.923. The zero-order valence-corrected chi connectivity index (χ0v) is 11.4. The third-order valence-corrected chi connectivity index (χ3v) is 2.85. The Morgan fingerprint density at radius 3 is 2.12 bits per heavy atom. The molecule has 0 amide bonds. The summed E-state index contributed by atoms with van der Waals surface area (Å²) in [5.74, 6) is -0.00376. The quantitative estimate of drug-likeness (QED) is 0.695. The lowest BCUT2D eigenvalue weighted by Crippen LogP contribution is -2.40. The fourth-order valence-corrected chi connectivity index (χ4v) is 2.22. The minimum atomic E-state index is -0.694. The number of rotatable bonds is 8. The summed E-state index contributed by atoms with van der Waals surface area (Å²) < 4.78 is 0. The molecular weight excluding hydrogens is 202 g/mol. The van der Waals surface area contributed by atoms with Crippen molar-refractivity contribution >= 4 is 5.97 Å². The topological polar surface area (TPSA) is 40.5 Å². The first-order valence-electron chi connectivity index (χ1n) is 6.32. The summed E-state index contributed by atoms with van der Waals surface area (Å²) in [6, 6.07) is 1.02. The molecule has 96 valence electrons. The van der Waals surface area contributed by atoms with Crippen LogP contribution in [0.5, 0.6) is 0 Å². The molecule has 0 aliphatic heterocycles. The molecule has 0 aliphatic carbocycles. The Morgan fingerprint density at radius 1 is 1.19 bits per heavy atom. The number of aliphatic carboxylic acids is 1. The molecule has 1 atom stereocenters. The lowest BCUT2D eigenvalue weighted by molar-refractivity contribution is -0.137. The van der Waals surface area contributed by atoms with Crippen molar-refractivity contribution in [1.29, 1.82) is 0 Å². The van der Waals surface area contributed by atoms with Gasteiger partial charge in [0.2, 0.25) is 0 Å². The Morgan fingerprint density at radius 2 is 1.75 bits per heavy atom. The monoisotopic (exact) mass is 229 g/mol. The van der Waals surface area contributed by atoms with Crippen molar-refractivity contribution in [2.24, 2.45) is 5.92 Å². The summed E-state index contributed by atoms with van der Waals surface area (Å²) in [6.45, 7) is 11.9. The van der Waals surface area contributed by atoms with E-state index >= 15 is 0 Å². The number of nitrogens with zero attached hydrogens (tertiary/aromatic N) is 1. The molecule has 0 radical (unpaired) electrons. The van der Waals surface area contributed by atoms with Crippen LogP contribution in [0.2, 0.25) is 0 Å². The number of hydrogen-bond donors (Lipinski definition) is 1. The van der Waals surface area contributed by atoms with Crippen molar-refractivity contribution in [1.82, 2.24) is 4.90 Å². The van der Waals surface area contributed by atoms with Crippen LogP contribution >= 0.6 is 0 Å². The highest BCUT2D eigenvalue weighted by Crippen LogP contribution is 2.14. The number of hydrogen-bond acceptors (Lipinski definition) is 2. The highest BCUT2D eigenvalue weighted by molar-refractivity contribution is 5.66. The lowest BCUT2D eigenvalue weighted by Gasteiger charge is -2.33. The largest absolute Gasteiger partial charge is 0.481 e. The van der Waals surface area contributed by atoms with Gasteiger partial charge in [0.05, 0.1) is 0 Å². The summed E-state index contributed by atoms with van der Waals surface area (Å²) in [7, 11) is 0. The van der Waals surface area contributed by atoms with E-state index < -0.39 is 5.97 Å². The number of carboxylic acid groups (broad SMARTS) is 1. The summed E-state index contributed by atoms with van der Waals surface area (Å²) in [4.78, 5) is 12.9. The van der Waals surface area contributed by atoms with Crippen LogP contribution in [0, 0.1) is 5.92 Å². The van der Waals surface area contributed by atoms with E-state index in [9.17, 15) is 4.79 Å². The molecule has 0 fully saturated rings. The third-order valence-electron chi connectivity index (χ3n) is 2.85. The molecule has 0 spiro atoms. The highest BCUT2D eigenvalue weighted by atomic mass is 16.4. The molecule has 0 aromatic carbocycles. The van der Waals surface area contributed by atoms with E-state index in [4.69, 9.17) is 5.11 Å². The average molecular weight is 229 g/mol. The van der Waals surface area contributed by atoms with Crippen LogP contribution in [0.4, 0.5) is 0 Å². The summed E-state index contributed by atoms with van der Waals surface area (Å²) in [5, 5.41) is 8.63. The van der Waals surface area contributed by atoms with Crippen LogP contribution in [0.25, 0.3) is 0 Å². The lowest BCUT2D eigenvalue weighted by atomic mass is 10.0. The van der Waals surface area contributed by atoms with Crippen molar-refractivity contribution < 1.29 is 9.90 Å². The molecule has 0 aromatic heterocycles. The number of carboxylic acids is 1. The van der Waals surface area contributed by atoms with Crippen LogP contribution in [-0.2, 0) is 4.79 Å². The van der Waals surface area contributed by atoms with Crippen molar-refractivity contribution in [2.75, 3.05) is 6.54 Å². The van der Waals surface area contributed by atoms with Gasteiger partial charge in [0.15, 0.2) is 0 Å². The van der Waals surface area contributed by atoms with E-state index in [1.807, 2.05) is 0 Å². The molecule has 1 N–H and O–H groups in total. The van der Waals surface area contributed by atoms with Crippen molar-refractivity contribution in [3.05, 3.63) is 0 Å². The molecule has 0 heterocycles. The smallest absolute Gasteiger partial charge is 0.303 e. The number of carbonyl (C=O) groups is 1. The Labute approximate surface area is 99.8 Å². The van der Waals surface area contributed by atoms with Crippen LogP contribution in [0.15, 0.2) is 0 Å². The van der Waals surface area contributed by atoms with Crippen LogP contribution in [-0.4, -0.2) is 34.6 Å². The van der Waals surface area contributed by atoms with Gasteiger partial charge in [-0.3, -0.25) is 9.69 Å². The highest BCUT2D eigenvalue weighted by Gasteiger charge is 2.17. The van der Waals surface area contributed by atoms with E-state index in [0.717, 1.165) is 13.0 Å². The second kappa shape index (κ2) is 7.66. The molecule has 0 saturated carbocycles. The predicted molar refractivity (Wildman–Crippen MR) is 67.6 cm³/mol. The summed E-state index contributed by atoms with van der Waals surface area (Å²) in [5.41, 5.74) is 0. The molecule has 0 saturated heterocycles. The molecule has 1 unspecified atom stereocenters. The Bertz CT molecular complexity index is 202. The second-order valence-electron chi connectivity index (χ2n) is 5.31. The molecule has 0 bridgehead atoms. The van der Waals surface area contributed by atoms with Gasteiger partial charge in [0.25, 0.3) is 0 Å². The van der Waals surface area contributed by atoms with Gasteiger partial charge in [0.1, 0.15) is 0 Å². The molecule has 16 heavy (non-hydrogen) atoms. The third kappa shape index (κ3) is 6.83. The van der Waals surface area contributed by atoms with E-state index in [1.54, 1.807) is 0 Å². The zero-order chi connectivity index (χ0) is 12.7. The Balaban J connectivity index is 4.10. The maximum absolute atomic E-state index is 10.5. The fourth-order valence-electron chi connectivity index (χ4n) is 2.22. The zero-order valence-electron chi connectivity index (χ0n) is 11.4. The van der Waals surface area contributed by atoms with Gasteiger partial charge in [-0.25, -0.2) is 0 Å². The second-order valence-corrected chi connectivity index (χ2v) is 5.31. The van der Waals surface area contributed by atoms with Crippen LogP contribution in [0.1, 0.15) is 53.9 Å². The first-order valence-corrected chi connectivity index (χ1v) is 6.32. The standard InChI is InChI=1S/C13H27NO2/c1-10(2)9-12(5)14(11(3)4)8-6-7-13(15)16/h10-12H,6-9H2,1-5H3,(H,15,16). The predicted octanol–water partition coefficient (Wildman–Crippen LogP) is 3.00. The minimum Gasteiger partial charge on any atom is -0.481 e. The van der Waals surface area contributed by atoms with E-state index in [0.29, 0.717) is 18.0 Å². The Hall–Kier alpha value is -0.570. The average Bonchev–Trinajstić information content (AvgIpc) is 2.09. The van der Waals surface area contributed by atoms with E-state index in [1.165, 1.54) is 6.42 Å². The van der Waals surface area contributed by atoms with Gasteiger partial charge in [-0.05, 0) is 46.1 Å². The minimum absolute atomic E-state index is 0.275. The van der Waals surface area contributed by atoms with E-state index in [2.05, 4.69) is 39.5 Å². The molecular formula is C13H27NO2. The molecule has 3 nitrogen and oxygen atoms in total. The van der Waals surface area contributed by atoms with Gasteiger partial charge in [-0.2, -0.15) is 0 Å². The van der Waals surface area contributed by atoms with Gasteiger partial charge in [0, 0.05) is 18.5 Å². The summed E-state index contributed by atoms with van der Waals surface area (Å²) in [6.07, 6.45) is 2.19. The first kappa shape index (κ1) is 15.4. The van der Waals surface area contributed by atoms with Gasteiger partial charge in [-0.15, -0.1) is 0 Å². The van der Waals surface area contributed by atoms with Crippen molar-refractivity contribution in [3.8, 4) is 0 Å². The normalized spacial score (nSPS) is 13.8. The van der Waals surface area contributed by atoms with Crippen molar-refractivity contribution in [3.63, 3.8) is 0 Å². The SMILES string of the molecule is CC(C)CC(C)N(CCCC(=O)O)C(C)C. The molecule has 3 heteroatoms. The van der Waals surface area contributed by atoms with Crippen LogP contribution < -0.4 is 0 Å². The maximum Gasteiger partial charge on any atom is 0.303 e. The molecule has 0 rings (SSSR count). The van der Waals surface area contributed by atoms with Gasteiger partial charge < -0.3 is 5.11 Å². The van der Waals surface area contributed by atoms with Gasteiger partial charge in [-0.1, -0.05) is 13.8 Å². The first-order chi connectivity index (χ1) is 7.34. The van der Waals surface area contributed by atoms with Crippen LogP contribution in [0.3, 0.4) is 0 Å². The summed E-state index contributed by atoms with van der Waals surface area (Å²) >= 11 is 0. The molecule has 0 aromatic rings. The van der Waals surface area contributed by atoms with Gasteiger partial charge >= 0.3 is 5.97 Å². The maximum atomic E-state index is 10.5. The van der Waals surface area contributed by atoms with E-state index in [-0.39, 0.29) is 6.42 Å².